The lowest BCUT2D eigenvalue weighted by atomic mass is 10.1. The second kappa shape index (κ2) is 8.44. The molecule has 0 radical (unpaired) electrons. The summed E-state index contributed by atoms with van der Waals surface area (Å²) in [5, 5.41) is 7.91. The molecule has 7 nitrogen and oxygen atoms in total. The van der Waals surface area contributed by atoms with Crippen LogP contribution in [0.1, 0.15) is 31.7 Å². The van der Waals surface area contributed by atoms with Crippen molar-refractivity contribution < 1.29 is 18.0 Å². The molecule has 0 saturated carbocycles. The minimum Gasteiger partial charge on any atom is -0.355 e. The van der Waals surface area contributed by atoms with Crippen LogP contribution in [0.5, 0.6) is 0 Å². The van der Waals surface area contributed by atoms with Crippen LogP contribution in [0.15, 0.2) is 29.2 Å². The smallest absolute Gasteiger partial charge is 0.238 e. The third kappa shape index (κ3) is 5.54. The second-order valence-electron chi connectivity index (χ2n) is 6.32. The lowest BCUT2D eigenvalue weighted by Crippen LogP contribution is -2.34. The van der Waals surface area contributed by atoms with Gasteiger partial charge in [0.05, 0.1) is 10.8 Å². The summed E-state index contributed by atoms with van der Waals surface area (Å²) in [5.41, 5.74) is 0.903. The molecule has 1 aromatic rings. The minimum atomic E-state index is -3.69. The van der Waals surface area contributed by atoms with Crippen molar-refractivity contribution in [3.05, 3.63) is 29.8 Å². The summed E-state index contributed by atoms with van der Waals surface area (Å²) in [5.74, 6) is -0.338. The number of nitrogens with two attached hydrogens (primary N) is 1. The molecule has 8 heteroatoms. The van der Waals surface area contributed by atoms with E-state index in [9.17, 15) is 18.0 Å². The Hall–Kier alpha value is -1.93. The van der Waals surface area contributed by atoms with Gasteiger partial charge in [0.15, 0.2) is 0 Å². The van der Waals surface area contributed by atoms with Gasteiger partial charge in [-0.05, 0) is 30.5 Å². The summed E-state index contributed by atoms with van der Waals surface area (Å²) in [7, 11) is -3.69. The zero-order chi connectivity index (χ0) is 18.4. The average Bonchev–Trinajstić information content (AvgIpc) is 2.93. The zero-order valence-corrected chi connectivity index (χ0v) is 15.2. The Morgan fingerprint density at radius 2 is 2.00 bits per heavy atom. The number of likely N-dealkylation sites (tertiary alicyclic amines) is 1. The summed E-state index contributed by atoms with van der Waals surface area (Å²) in [6.07, 6.45) is 2.83. The van der Waals surface area contributed by atoms with Crippen LogP contribution in [-0.4, -0.2) is 44.8 Å². The first kappa shape index (κ1) is 19.4. The third-order valence-corrected chi connectivity index (χ3v) is 5.26. The maximum absolute atomic E-state index is 12.2. The van der Waals surface area contributed by atoms with Crippen LogP contribution in [0, 0.1) is 5.92 Å². The Morgan fingerprint density at radius 1 is 1.32 bits per heavy atom. The summed E-state index contributed by atoms with van der Waals surface area (Å²) >= 11 is 0. The maximum atomic E-state index is 12.2. The quantitative estimate of drug-likeness (QED) is 0.702. The van der Waals surface area contributed by atoms with E-state index in [1.807, 2.05) is 0 Å². The number of carbonyl (C=O) groups is 2. The molecule has 0 aliphatic carbocycles. The van der Waals surface area contributed by atoms with Gasteiger partial charge in [0.2, 0.25) is 21.8 Å². The summed E-state index contributed by atoms with van der Waals surface area (Å²) in [6, 6.07) is 6.26. The van der Waals surface area contributed by atoms with Crippen LogP contribution < -0.4 is 10.5 Å². The zero-order valence-electron chi connectivity index (χ0n) is 14.4. The summed E-state index contributed by atoms with van der Waals surface area (Å²) in [6.45, 7) is 3.72. The molecule has 2 rings (SSSR count). The van der Waals surface area contributed by atoms with Gasteiger partial charge in [-0.1, -0.05) is 25.5 Å². The minimum absolute atomic E-state index is 0.0483. The number of hydrogen-bond donors (Lipinski definition) is 2. The molecule has 1 atom stereocenters. The van der Waals surface area contributed by atoms with Crippen molar-refractivity contribution in [1.82, 2.24) is 10.2 Å². The van der Waals surface area contributed by atoms with Crippen LogP contribution in [0.3, 0.4) is 0 Å². The van der Waals surface area contributed by atoms with Gasteiger partial charge in [-0.15, -0.1) is 0 Å². The van der Waals surface area contributed by atoms with E-state index in [0.717, 1.165) is 24.9 Å². The molecule has 0 aromatic heterocycles. The molecule has 1 aliphatic heterocycles. The predicted molar refractivity (Wildman–Crippen MR) is 94.1 cm³/mol. The lowest BCUT2D eigenvalue weighted by Gasteiger charge is -2.16. The van der Waals surface area contributed by atoms with Crippen molar-refractivity contribution in [2.75, 3.05) is 19.6 Å². The predicted octanol–water partition coefficient (Wildman–Crippen LogP) is 0.641. The SMILES string of the molecule is CCCCN1C[C@H](C(=O)NCCc2ccc(S(N)(=O)=O)cc2)CC1=O. The highest BCUT2D eigenvalue weighted by atomic mass is 32.2. The Kier molecular flexibility index (Phi) is 6.55. The Morgan fingerprint density at radius 3 is 2.60 bits per heavy atom. The number of nitrogens with one attached hydrogen (secondary N) is 1. The molecule has 25 heavy (non-hydrogen) atoms. The second-order valence-corrected chi connectivity index (χ2v) is 7.89. The molecule has 0 bridgehead atoms. The highest BCUT2D eigenvalue weighted by molar-refractivity contribution is 7.89. The topological polar surface area (TPSA) is 110 Å². The molecule has 0 unspecified atom stereocenters. The number of hydrogen-bond acceptors (Lipinski definition) is 4. The molecule has 1 fully saturated rings. The Balaban J connectivity index is 1.78. The third-order valence-electron chi connectivity index (χ3n) is 4.33. The van der Waals surface area contributed by atoms with Crippen molar-refractivity contribution in [2.45, 2.75) is 37.5 Å². The maximum Gasteiger partial charge on any atom is 0.238 e. The van der Waals surface area contributed by atoms with E-state index < -0.39 is 10.0 Å². The number of unbranched alkanes of at least 4 members (excludes halogenated alkanes) is 1. The van der Waals surface area contributed by atoms with Crippen LogP contribution >= 0.6 is 0 Å². The standard InChI is InChI=1S/C17H25N3O4S/c1-2-3-10-20-12-14(11-16(20)21)17(22)19-9-8-13-4-6-15(7-5-13)25(18,23)24/h4-7,14H,2-3,8-12H2,1H3,(H,19,22)(H2,18,23,24)/t14-/m1/s1. The summed E-state index contributed by atoms with van der Waals surface area (Å²) < 4.78 is 22.4. The van der Waals surface area contributed by atoms with Gasteiger partial charge in [-0.3, -0.25) is 9.59 Å². The Labute approximate surface area is 148 Å². The van der Waals surface area contributed by atoms with E-state index in [0.29, 0.717) is 19.5 Å². The van der Waals surface area contributed by atoms with Crippen molar-refractivity contribution in [2.24, 2.45) is 11.1 Å². The number of carbonyl (C=O) groups excluding carboxylic acids is 2. The van der Waals surface area contributed by atoms with Gasteiger partial charge in [-0.25, -0.2) is 13.6 Å². The molecule has 138 valence electrons. The Bertz CT molecular complexity index is 716. The number of primary sulfonamides is 1. The molecule has 0 spiro atoms. The lowest BCUT2D eigenvalue weighted by molar-refractivity contribution is -0.129. The van der Waals surface area contributed by atoms with Gasteiger partial charge < -0.3 is 10.2 Å². The van der Waals surface area contributed by atoms with Crippen molar-refractivity contribution in [3.63, 3.8) is 0 Å². The first-order valence-corrected chi connectivity index (χ1v) is 10.0. The fraction of sp³-hybridized carbons (Fsp3) is 0.529. The monoisotopic (exact) mass is 367 g/mol. The van der Waals surface area contributed by atoms with E-state index in [1.54, 1.807) is 17.0 Å². The number of amides is 2. The average molecular weight is 367 g/mol. The van der Waals surface area contributed by atoms with Crippen LogP contribution in [0.4, 0.5) is 0 Å². The van der Waals surface area contributed by atoms with Crippen molar-refractivity contribution in [3.8, 4) is 0 Å². The van der Waals surface area contributed by atoms with E-state index >= 15 is 0 Å². The van der Waals surface area contributed by atoms with E-state index in [4.69, 9.17) is 5.14 Å². The normalized spacial score (nSPS) is 17.8. The number of sulfonamides is 1. The molecule has 1 heterocycles. The molecular weight excluding hydrogens is 342 g/mol. The molecule has 1 aromatic carbocycles. The molecular formula is C17H25N3O4S. The van der Waals surface area contributed by atoms with Gasteiger partial charge in [-0.2, -0.15) is 0 Å². The van der Waals surface area contributed by atoms with Gasteiger partial charge >= 0.3 is 0 Å². The first-order valence-electron chi connectivity index (χ1n) is 8.48. The molecule has 1 aliphatic rings. The highest BCUT2D eigenvalue weighted by Gasteiger charge is 2.33. The van der Waals surface area contributed by atoms with Gasteiger partial charge in [0, 0.05) is 26.1 Å². The van der Waals surface area contributed by atoms with E-state index in [1.165, 1.54) is 12.1 Å². The van der Waals surface area contributed by atoms with Crippen LogP contribution in [0.25, 0.3) is 0 Å². The fourth-order valence-electron chi connectivity index (χ4n) is 2.83. The fourth-order valence-corrected chi connectivity index (χ4v) is 3.35. The summed E-state index contributed by atoms with van der Waals surface area (Å²) in [4.78, 5) is 25.9. The van der Waals surface area contributed by atoms with Gasteiger partial charge in [0.1, 0.15) is 0 Å². The van der Waals surface area contributed by atoms with E-state index in [-0.39, 0.29) is 29.0 Å². The number of benzene rings is 1. The van der Waals surface area contributed by atoms with Gasteiger partial charge in [0.25, 0.3) is 0 Å². The number of rotatable bonds is 8. The molecule has 2 amide bonds. The van der Waals surface area contributed by atoms with Crippen molar-refractivity contribution >= 4 is 21.8 Å². The van der Waals surface area contributed by atoms with Crippen molar-refractivity contribution in [1.29, 1.82) is 0 Å². The molecule has 3 N–H and O–H groups in total. The highest BCUT2D eigenvalue weighted by Crippen LogP contribution is 2.18. The van der Waals surface area contributed by atoms with Crippen LogP contribution in [-0.2, 0) is 26.0 Å². The first-order chi connectivity index (χ1) is 11.8. The van der Waals surface area contributed by atoms with E-state index in [2.05, 4.69) is 12.2 Å². The van der Waals surface area contributed by atoms with Crippen LogP contribution in [0.2, 0.25) is 0 Å². The number of nitrogens with zero attached hydrogens (tertiary/aromatic N) is 1. The molecule has 1 saturated heterocycles. The largest absolute Gasteiger partial charge is 0.355 e.